The summed E-state index contributed by atoms with van der Waals surface area (Å²) in [6, 6.07) is 0. The molecule has 2 N–H and O–H groups in total. The van der Waals surface area contributed by atoms with Crippen molar-refractivity contribution in [2.24, 2.45) is 17.3 Å². The Kier molecular flexibility index (Phi) is 5.34. The predicted molar refractivity (Wildman–Crippen MR) is 92.5 cm³/mol. The van der Waals surface area contributed by atoms with Crippen LogP contribution in [0.5, 0.6) is 0 Å². The van der Waals surface area contributed by atoms with Gasteiger partial charge in [-0.3, -0.25) is 0 Å². The van der Waals surface area contributed by atoms with E-state index in [1.165, 1.54) is 11.1 Å². The highest BCUT2D eigenvalue weighted by Crippen LogP contribution is 2.58. The van der Waals surface area contributed by atoms with Gasteiger partial charge in [-0.1, -0.05) is 36.8 Å². The van der Waals surface area contributed by atoms with Gasteiger partial charge in [0.05, 0.1) is 12.2 Å². The smallest absolute Gasteiger partial charge is 0.0750 e. The third-order valence-electron chi connectivity index (χ3n) is 5.75. The maximum absolute atomic E-state index is 10.3. The molecule has 0 aromatic heterocycles. The lowest BCUT2D eigenvalue weighted by atomic mass is 9.50. The summed E-state index contributed by atoms with van der Waals surface area (Å²) >= 11 is 0. The van der Waals surface area contributed by atoms with Crippen LogP contribution in [0.3, 0.4) is 0 Å². The first-order valence-corrected chi connectivity index (χ1v) is 8.58. The van der Waals surface area contributed by atoms with Crippen LogP contribution in [0.4, 0.5) is 0 Å². The minimum Gasteiger partial charge on any atom is -0.389 e. The number of allylic oxidation sites excluding steroid dienone is 3. The first kappa shape index (κ1) is 17.5. The van der Waals surface area contributed by atoms with Gasteiger partial charge in [0.25, 0.3) is 0 Å². The first-order valence-electron chi connectivity index (χ1n) is 8.58. The van der Waals surface area contributed by atoms with E-state index < -0.39 is 0 Å². The molecule has 0 unspecified atom stereocenters. The lowest BCUT2D eigenvalue weighted by molar-refractivity contribution is -0.0377. The van der Waals surface area contributed by atoms with Gasteiger partial charge < -0.3 is 10.2 Å². The molecule has 124 valence electrons. The fraction of sp³-hybridized carbons (Fsp3) is 0.700. The van der Waals surface area contributed by atoms with Gasteiger partial charge in [0.15, 0.2) is 0 Å². The summed E-state index contributed by atoms with van der Waals surface area (Å²) in [4.78, 5) is 0. The topological polar surface area (TPSA) is 40.5 Å². The summed E-state index contributed by atoms with van der Waals surface area (Å²) in [7, 11) is 0. The minimum absolute atomic E-state index is 0.172. The monoisotopic (exact) mass is 304 g/mol. The van der Waals surface area contributed by atoms with E-state index in [1.807, 2.05) is 26.8 Å². The Hall–Kier alpha value is -0.860. The molecule has 0 heterocycles. The molecule has 2 heteroatoms. The van der Waals surface area contributed by atoms with Crippen LogP contribution in [0.1, 0.15) is 59.8 Å². The molecule has 1 fully saturated rings. The van der Waals surface area contributed by atoms with Crippen molar-refractivity contribution in [3.05, 3.63) is 35.5 Å². The van der Waals surface area contributed by atoms with E-state index in [9.17, 15) is 10.2 Å². The van der Waals surface area contributed by atoms with Gasteiger partial charge in [0, 0.05) is 0 Å². The quantitative estimate of drug-likeness (QED) is 0.759. The molecule has 0 saturated heterocycles. The Morgan fingerprint density at radius 2 is 2.18 bits per heavy atom. The highest BCUT2D eigenvalue weighted by atomic mass is 16.3. The summed E-state index contributed by atoms with van der Waals surface area (Å²) in [5, 5.41) is 20.4. The van der Waals surface area contributed by atoms with Crippen molar-refractivity contribution in [3.63, 3.8) is 0 Å². The highest BCUT2D eigenvalue weighted by Gasteiger charge is 2.50. The largest absolute Gasteiger partial charge is 0.389 e. The summed E-state index contributed by atoms with van der Waals surface area (Å²) in [6.07, 6.45) is 8.14. The molecule has 0 radical (unpaired) electrons. The number of rotatable bonds is 3. The molecule has 0 spiro atoms. The molecule has 2 rings (SSSR count). The zero-order chi connectivity index (χ0) is 16.5. The molecule has 0 bridgehead atoms. The molecule has 0 aliphatic heterocycles. The second-order valence-corrected chi connectivity index (χ2v) is 7.98. The summed E-state index contributed by atoms with van der Waals surface area (Å²) in [5.74, 6) is 1.10. The fourth-order valence-electron chi connectivity index (χ4n) is 4.34. The van der Waals surface area contributed by atoms with Crippen LogP contribution < -0.4 is 0 Å². The number of aliphatic hydroxyl groups excluding tert-OH is 2. The molecule has 2 aliphatic carbocycles. The molecule has 22 heavy (non-hydrogen) atoms. The lowest BCUT2D eigenvalue weighted by Gasteiger charge is -2.55. The van der Waals surface area contributed by atoms with Crippen LogP contribution in [0.15, 0.2) is 35.5 Å². The van der Waals surface area contributed by atoms with E-state index in [0.717, 1.165) is 37.7 Å². The third kappa shape index (κ3) is 3.72. The van der Waals surface area contributed by atoms with Crippen molar-refractivity contribution in [1.29, 1.82) is 0 Å². The van der Waals surface area contributed by atoms with Crippen molar-refractivity contribution in [2.45, 2.75) is 72.0 Å². The van der Waals surface area contributed by atoms with Gasteiger partial charge >= 0.3 is 0 Å². The first-order chi connectivity index (χ1) is 10.2. The molecular weight excluding hydrogens is 272 g/mol. The van der Waals surface area contributed by atoms with Crippen molar-refractivity contribution in [1.82, 2.24) is 0 Å². The predicted octanol–water partition coefficient (Wildman–Crippen LogP) is 4.39. The van der Waals surface area contributed by atoms with Gasteiger partial charge in [-0.25, -0.2) is 0 Å². The normalized spacial score (nSPS) is 39.3. The molecule has 5 atom stereocenters. The Labute approximate surface area is 135 Å². The van der Waals surface area contributed by atoms with Gasteiger partial charge in [-0.15, -0.1) is 0 Å². The Morgan fingerprint density at radius 3 is 2.82 bits per heavy atom. The van der Waals surface area contributed by atoms with E-state index in [4.69, 9.17) is 0 Å². The summed E-state index contributed by atoms with van der Waals surface area (Å²) in [5.41, 5.74) is 3.73. The van der Waals surface area contributed by atoms with E-state index in [2.05, 4.69) is 19.6 Å². The second kappa shape index (κ2) is 6.72. The van der Waals surface area contributed by atoms with E-state index in [1.54, 1.807) is 0 Å². The van der Waals surface area contributed by atoms with E-state index in [0.29, 0.717) is 11.8 Å². The van der Waals surface area contributed by atoms with Gasteiger partial charge in [0.1, 0.15) is 0 Å². The average Bonchev–Trinajstić information content (AvgIpc) is 2.43. The van der Waals surface area contributed by atoms with Gasteiger partial charge in [-0.05, 0) is 75.7 Å². The van der Waals surface area contributed by atoms with Crippen LogP contribution in [-0.2, 0) is 0 Å². The van der Waals surface area contributed by atoms with Crippen LogP contribution in [0.2, 0.25) is 0 Å². The zero-order valence-corrected chi connectivity index (χ0v) is 14.6. The second-order valence-electron chi connectivity index (χ2n) is 7.98. The average molecular weight is 304 g/mol. The van der Waals surface area contributed by atoms with E-state index in [-0.39, 0.29) is 17.6 Å². The lowest BCUT2D eigenvalue weighted by Crippen LogP contribution is -2.48. The van der Waals surface area contributed by atoms with E-state index >= 15 is 0 Å². The Morgan fingerprint density at radius 1 is 1.50 bits per heavy atom. The summed E-state index contributed by atoms with van der Waals surface area (Å²) < 4.78 is 0. The number of hydrogen-bond donors (Lipinski definition) is 2. The van der Waals surface area contributed by atoms with Gasteiger partial charge in [0.2, 0.25) is 0 Å². The maximum atomic E-state index is 10.3. The third-order valence-corrected chi connectivity index (χ3v) is 5.75. The molecule has 0 aromatic carbocycles. The number of hydrogen-bond acceptors (Lipinski definition) is 2. The van der Waals surface area contributed by atoms with Crippen LogP contribution >= 0.6 is 0 Å². The van der Waals surface area contributed by atoms with Crippen LogP contribution in [0, 0.1) is 17.3 Å². The molecule has 2 aliphatic rings. The fourth-order valence-corrected chi connectivity index (χ4v) is 4.34. The highest BCUT2D eigenvalue weighted by molar-refractivity contribution is 5.19. The molecule has 0 aromatic rings. The molecule has 0 amide bonds. The Balaban J connectivity index is 2.13. The maximum Gasteiger partial charge on any atom is 0.0750 e. The molecule has 1 saturated carbocycles. The van der Waals surface area contributed by atoms with Crippen LogP contribution in [-0.4, -0.2) is 22.4 Å². The van der Waals surface area contributed by atoms with Gasteiger partial charge in [-0.2, -0.15) is 0 Å². The number of aliphatic hydroxyl groups is 2. The van der Waals surface area contributed by atoms with Crippen molar-refractivity contribution >= 4 is 0 Å². The Bertz CT molecular complexity index is 484. The number of fused-ring (bicyclic) bond motifs is 1. The van der Waals surface area contributed by atoms with Crippen molar-refractivity contribution in [3.8, 4) is 0 Å². The zero-order valence-electron chi connectivity index (χ0n) is 14.6. The SMILES string of the molecule is C=C1CC[C@@H](O)/C(C)=C\C[C@@H]2[C@@H]1C[C@@]2(C)C[C@@H](O)C=C(C)C. The molecule has 2 nitrogen and oxygen atoms in total. The van der Waals surface area contributed by atoms with Crippen molar-refractivity contribution in [2.75, 3.05) is 0 Å². The van der Waals surface area contributed by atoms with Crippen molar-refractivity contribution < 1.29 is 10.2 Å². The summed E-state index contributed by atoms with van der Waals surface area (Å²) in [6.45, 7) is 12.7. The molecular formula is C20H32O2. The standard InChI is InChI=1S/C20H32O2/c1-13(2)10-16(21)11-20(5)12-17-14(3)7-9-19(22)15(4)6-8-18(17)20/h6,10,16-19,21-22H,3,7-9,11-12H2,1-2,4-5H3/b15-6-/t16-,17+,18+,19+,20+/m0/s1. The van der Waals surface area contributed by atoms with Crippen LogP contribution in [0.25, 0.3) is 0 Å². The minimum atomic E-state index is -0.354.